The Hall–Kier alpha value is -2.08. The Balaban J connectivity index is 1.80. The Labute approximate surface area is 169 Å². The first kappa shape index (κ1) is 23.2. The molecule has 0 amide bonds. The van der Waals surface area contributed by atoms with Crippen molar-refractivity contribution in [1.82, 2.24) is 19.9 Å². The standard InChI is InChI=1S/C17H27F3N6O2S/c1-21-16(23-12-14-5-4-6-15(24-14)25(2)3)22-11-13-7-9-26(10-8-13)29(27,28)17(18,19)20/h4-6,13H,7-12H2,1-3H3,(H2,21,22,23). The summed E-state index contributed by atoms with van der Waals surface area (Å²) in [4.78, 5) is 10.5. The van der Waals surface area contributed by atoms with E-state index >= 15 is 0 Å². The molecule has 1 aromatic heterocycles. The Morgan fingerprint density at radius 2 is 1.93 bits per heavy atom. The van der Waals surface area contributed by atoms with Crippen LogP contribution in [0.5, 0.6) is 0 Å². The maximum atomic E-state index is 12.6. The third-order valence-corrected chi connectivity index (χ3v) is 6.30. The van der Waals surface area contributed by atoms with Crippen LogP contribution in [0, 0.1) is 5.92 Å². The van der Waals surface area contributed by atoms with Crippen LogP contribution in [0.4, 0.5) is 19.0 Å². The van der Waals surface area contributed by atoms with Crippen molar-refractivity contribution in [2.45, 2.75) is 24.9 Å². The lowest BCUT2D eigenvalue weighted by Gasteiger charge is -2.31. The number of rotatable bonds is 6. The van der Waals surface area contributed by atoms with Gasteiger partial charge < -0.3 is 15.5 Å². The van der Waals surface area contributed by atoms with Gasteiger partial charge >= 0.3 is 15.5 Å². The fourth-order valence-electron chi connectivity index (χ4n) is 2.95. The molecule has 1 aromatic rings. The first-order valence-electron chi connectivity index (χ1n) is 9.18. The van der Waals surface area contributed by atoms with E-state index in [4.69, 9.17) is 0 Å². The molecule has 0 spiro atoms. The van der Waals surface area contributed by atoms with Crippen LogP contribution < -0.4 is 15.5 Å². The highest BCUT2D eigenvalue weighted by atomic mass is 32.2. The monoisotopic (exact) mass is 436 g/mol. The highest BCUT2D eigenvalue weighted by Gasteiger charge is 2.50. The number of halogens is 3. The molecule has 0 saturated carbocycles. The Morgan fingerprint density at radius 3 is 2.48 bits per heavy atom. The molecule has 0 radical (unpaired) electrons. The van der Waals surface area contributed by atoms with Gasteiger partial charge in [0.15, 0.2) is 5.96 Å². The fraction of sp³-hybridized carbons (Fsp3) is 0.647. The quantitative estimate of drug-likeness (QED) is 0.517. The molecule has 2 heterocycles. The van der Waals surface area contributed by atoms with E-state index in [1.54, 1.807) is 7.05 Å². The number of anilines is 1. The smallest absolute Gasteiger partial charge is 0.363 e. The number of nitrogens with zero attached hydrogens (tertiary/aromatic N) is 4. The van der Waals surface area contributed by atoms with Crippen molar-refractivity contribution in [3.8, 4) is 0 Å². The van der Waals surface area contributed by atoms with Crippen LogP contribution in [0.1, 0.15) is 18.5 Å². The second-order valence-electron chi connectivity index (χ2n) is 6.98. The molecule has 12 heteroatoms. The lowest BCUT2D eigenvalue weighted by atomic mass is 9.98. The largest absolute Gasteiger partial charge is 0.511 e. The molecule has 1 aliphatic heterocycles. The summed E-state index contributed by atoms with van der Waals surface area (Å²) < 4.78 is 61.3. The van der Waals surface area contributed by atoms with Crippen molar-refractivity contribution in [3.63, 3.8) is 0 Å². The van der Waals surface area contributed by atoms with Gasteiger partial charge in [-0.1, -0.05) is 6.07 Å². The summed E-state index contributed by atoms with van der Waals surface area (Å²) in [6.45, 7) is 0.678. The van der Waals surface area contributed by atoms with E-state index in [1.807, 2.05) is 37.2 Å². The third kappa shape index (κ3) is 6.20. The molecular weight excluding hydrogens is 409 g/mol. The Morgan fingerprint density at radius 1 is 1.28 bits per heavy atom. The summed E-state index contributed by atoms with van der Waals surface area (Å²) in [5.74, 6) is 1.45. The van der Waals surface area contributed by atoms with E-state index in [9.17, 15) is 21.6 Å². The minimum absolute atomic E-state index is 0.0587. The number of pyridine rings is 1. The van der Waals surface area contributed by atoms with Crippen molar-refractivity contribution < 1.29 is 21.6 Å². The van der Waals surface area contributed by atoms with Gasteiger partial charge in [0.1, 0.15) is 5.82 Å². The predicted octanol–water partition coefficient (Wildman–Crippen LogP) is 1.37. The number of guanidine groups is 1. The molecule has 0 bridgehead atoms. The van der Waals surface area contributed by atoms with E-state index in [0.29, 0.717) is 36.2 Å². The number of sulfonamides is 1. The van der Waals surface area contributed by atoms with Gasteiger partial charge in [-0.3, -0.25) is 4.99 Å². The SMILES string of the molecule is CN=C(NCc1cccc(N(C)C)n1)NCC1CCN(S(=O)(=O)C(F)(F)F)CC1. The van der Waals surface area contributed by atoms with Gasteiger partial charge in [-0.2, -0.15) is 17.5 Å². The van der Waals surface area contributed by atoms with Crippen LogP contribution in [0.25, 0.3) is 0 Å². The molecule has 1 saturated heterocycles. The maximum Gasteiger partial charge on any atom is 0.511 e. The lowest BCUT2D eigenvalue weighted by Crippen LogP contribution is -2.47. The van der Waals surface area contributed by atoms with Crippen LogP contribution in [0.2, 0.25) is 0 Å². The molecule has 2 N–H and O–H groups in total. The van der Waals surface area contributed by atoms with Crippen molar-refractivity contribution in [2.24, 2.45) is 10.9 Å². The number of piperidine rings is 1. The van der Waals surface area contributed by atoms with E-state index in [1.165, 1.54) is 0 Å². The summed E-state index contributed by atoms with van der Waals surface area (Å²) in [5.41, 5.74) is -4.41. The van der Waals surface area contributed by atoms with E-state index in [0.717, 1.165) is 11.5 Å². The van der Waals surface area contributed by atoms with Crippen LogP contribution >= 0.6 is 0 Å². The van der Waals surface area contributed by atoms with Gasteiger partial charge in [0.05, 0.1) is 12.2 Å². The van der Waals surface area contributed by atoms with E-state index in [-0.39, 0.29) is 19.0 Å². The molecule has 0 aliphatic carbocycles. The number of hydrogen-bond donors (Lipinski definition) is 2. The second-order valence-corrected chi connectivity index (χ2v) is 8.91. The van der Waals surface area contributed by atoms with Crippen LogP contribution in [0.3, 0.4) is 0 Å². The van der Waals surface area contributed by atoms with Crippen molar-refractivity contribution in [1.29, 1.82) is 0 Å². The Kier molecular flexibility index (Phi) is 7.69. The molecule has 0 aromatic carbocycles. The van der Waals surface area contributed by atoms with Gasteiger partial charge in [-0.05, 0) is 30.9 Å². The highest BCUT2D eigenvalue weighted by Crippen LogP contribution is 2.30. The molecule has 29 heavy (non-hydrogen) atoms. The highest BCUT2D eigenvalue weighted by molar-refractivity contribution is 7.90. The molecule has 1 fully saturated rings. The summed E-state index contributed by atoms with van der Waals surface area (Å²) in [5, 5.41) is 6.29. The number of alkyl halides is 3. The zero-order valence-electron chi connectivity index (χ0n) is 16.7. The van der Waals surface area contributed by atoms with Crippen molar-refractivity contribution >= 4 is 21.8 Å². The third-order valence-electron chi connectivity index (χ3n) is 4.67. The number of aliphatic imine (C=N–C) groups is 1. The molecule has 8 nitrogen and oxygen atoms in total. The van der Waals surface area contributed by atoms with Gasteiger partial charge in [0.2, 0.25) is 0 Å². The van der Waals surface area contributed by atoms with Crippen molar-refractivity contribution in [3.05, 3.63) is 23.9 Å². The second kappa shape index (κ2) is 9.61. The Bertz CT molecular complexity index is 806. The number of hydrogen-bond acceptors (Lipinski definition) is 5. The summed E-state index contributed by atoms with van der Waals surface area (Å²) in [6.07, 6.45) is 0.706. The average Bonchev–Trinajstić information content (AvgIpc) is 2.67. The summed E-state index contributed by atoms with van der Waals surface area (Å²) >= 11 is 0. The van der Waals surface area contributed by atoms with Crippen molar-refractivity contribution in [2.75, 3.05) is 45.7 Å². The van der Waals surface area contributed by atoms with Crippen LogP contribution in [-0.4, -0.2) is 70.0 Å². The zero-order valence-corrected chi connectivity index (χ0v) is 17.5. The molecule has 0 atom stereocenters. The van der Waals surface area contributed by atoms with Gasteiger partial charge in [0, 0.05) is 40.8 Å². The van der Waals surface area contributed by atoms with E-state index < -0.39 is 15.5 Å². The van der Waals surface area contributed by atoms with Gasteiger partial charge in [0.25, 0.3) is 0 Å². The number of nitrogens with one attached hydrogen (secondary N) is 2. The molecule has 2 rings (SSSR count). The minimum Gasteiger partial charge on any atom is -0.363 e. The zero-order chi connectivity index (χ0) is 21.7. The first-order chi connectivity index (χ1) is 13.5. The van der Waals surface area contributed by atoms with Gasteiger partial charge in [-0.25, -0.2) is 13.4 Å². The molecule has 0 unspecified atom stereocenters. The maximum absolute atomic E-state index is 12.6. The average molecular weight is 437 g/mol. The topological polar surface area (TPSA) is 89.9 Å². The van der Waals surface area contributed by atoms with Crippen LogP contribution in [-0.2, 0) is 16.6 Å². The first-order valence-corrected chi connectivity index (χ1v) is 10.6. The normalized spacial score (nSPS) is 17.2. The minimum atomic E-state index is -5.25. The molecule has 1 aliphatic rings. The molecular formula is C17H27F3N6O2S. The van der Waals surface area contributed by atoms with Crippen LogP contribution in [0.15, 0.2) is 23.2 Å². The summed E-state index contributed by atoms with van der Waals surface area (Å²) in [7, 11) is 0.197. The van der Waals surface area contributed by atoms with Gasteiger partial charge in [-0.15, -0.1) is 0 Å². The predicted molar refractivity (Wildman–Crippen MR) is 106 cm³/mol. The number of aromatic nitrogens is 1. The van der Waals surface area contributed by atoms with E-state index in [2.05, 4.69) is 20.6 Å². The lowest BCUT2D eigenvalue weighted by molar-refractivity contribution is -0.0496. The fourth-order valence-corrected chi connectivity index (χ4v) is 3.93. The summed E-state index contributed by atoms with van der Waals surface area (Å²) in [6, 6.07) is 5.71. The molecule has 164 valence electrons.